The number of benzene rings is 1. The Morgan fingerprint density at radius 3 is 2.81 bits per heavy atom. The van der Waals surface area contributed by atoms with E-state index in [2.05, 4.69) is 10.6 Å². The van der Waals surface area contributed by atoms with Crippen LogP contribution in [-0.4, -0.2) is 42.6 Å². The summed E-state index contributed by atoms with van der Waals surface area (Å²) in [5, 5.41) is 16.8. The van der Waals surface area contributed by atoms with Gasteiger partial charge in [0.05, 0.1) is 5.94 Å². The summed E-state index contributed by atoms with van der Waals surface area (Å²) in [6, 6.07) is 6.62. The molecule has 6 nitrogen and oxygen atoms in total. The van der Waals surface area contributed by atoms with Crippen molar-refractivity contribution in [3.8, 4) is 5.75 Å². The van der Waals surface area contributed by atoms with Gasteiger partial charge in [-0.05, 0) is 63.0 Å². The van der Waals surface area contributed by atoms with Crippen LogP contribution >= 0.6 is 0 Å². The first kappa shape index (κ1) is 20.2. The summed E-state index contributed by atoms with van der Waals surface area (Å²) in [6.45, 7) is 4.81. The van der Waals surface area contributed by atoms with Crippen LogP contribution in [0.3, 0.4) is 0 Å². The van der Waals surface area contributed by atoms with Crippen LogP contribution in [-0.2, 0) is 11.2 Å². The number of nitrogens with two attached hydrogens (primary N) is 1. The third-order valence-corrected chi connectivity index (χ3v) is 5.71. The number of carbonyl (C=O) groups is 1. The van der Waals surface area contributed by atoms with Gasteiger partial charge in [0.15, 0.2) is 0 Å². The molecule has 2 aliphatic rings. The molecule has 1 amide bonds. The first-order valence-corrected chi connectivity index (χ1v) is 10.1. The number of para-hydroxylation sites is 1. The maximum absolute atomic E-state index is 12.5. The highest BCUT2D eigenvalue weighted by molar-refractivity contribution is 6.46. The third-order valence-electron chi connectivity index (χ3n) is 5.71. The van der Waals surface area contributed by atoms with Crippen molar-refractivity contribution < 1.29 is 14.5 Å². The van der Waals surface area contributed by atoms with Crippen molar-refractivity contribution in [3.63, 3.8) is 0 Å². The molecule has 2 atom stereocenters. The number of fused-ring (bicyclic) bond motifs is 1. The van der Waals surface area contributed by atoms with Gasteiger partial charge in [0.25, 0.3) is 0 Å². The standard InChI is InChI=1S/C20H32BN3O3/c1-13-4-3-5-16-11-18(21(26)27-20(13)16)24-19(25)10-15-6-8-17(9-7-15)23-12-14(2)22/h3-5,14-15,17-18,23,26H,6-12,22H2,1-2H3,(H,24,25)/t14-,15?,17?,18-/m0/s1. The molecule has 148 valence electrons. The Morgan fingerprint density at radius 1 is 1.37 bits per heavy atom. The molecule has 1 heterocycles. The molecule has 3 rings (SSSR count). The van der Waals surface area contributed by atoms with Crippen LogP contribution < -0.4 is 21.0 Å². The van der Waals surface area contributed by atoms with Crippen molar-refractivity contribution in [2.45, 2.75) is 70.4 Å². The van der Waals surface area contributed by atoms with Gasteiger partial charge in [0.1, 0.15) is 5.75 Å². The molecule has 1 fully saturated rings. The highest BCUT2D eigenvalue weighted by Gasteiger charge is 2.36. The summed E-state index contributed by atoms with van der Waals surface area (Å²) in [4.78, 5) is 12.5. The normalized spacial score (nSPS) is 26.1. The van der Waals surface area contributed by atoms with E-state index in [0.717, 1.165) is 49.1 Å². The molecule has 0 saturated heterocycles. The van der Waals surface area contributed by atoms with Crippen LogP contribution in [0.2, 0.25) is 0 Å². The monoisotopic (exact) mass is 373 g/mol. The van der Waals surface area contributed by atoms with Crippen molar-refractivity contribution in [2.24, 2.45) is 11.7 Å². The lowest BCUT2D eigenvalue weighted by atomic mass is 9.72. The maximum Gasteiger partial charge on any atom is 0.547 e. The van der Waals surface area contributed by atoms with E-state index in [-0.39, 0.29) is 11.9 Å². The summed E-state index contributed by atoms with van der Waals surface area (Å²) in [5.74, 6) is 0.768. The number of rotatable bonds is 6. The maximum atomic E-state index is 12.5. The lowest BCUT2D eigenvalue weighted by Crippen LogP contribution is -2.53. The van der Waals surface area contributed by atoms with E-state index < -0.39 is 13.1 Å². The Hall–Kier alpha value is -1.57. The Balaban J connectivity index is 1.45. The van der Waals surface area contributed by atoms with Gasteiger partial charge >= 0.3 is 7.12 Å². The van der Waals surface area contributed by atoms with Gasteiger partial charge in [-0.25, -0.2) is 0 Å². The Kier molecular flexibility index (Phi) is 6.79. The quantitative estimate of drug-likeness (QED) is 0.564. The van der Waals surface area contributed by atoms with E-state index >= 15 is 0 Å². The lowest BCUT2D eigenvalue weighted by molar-refractivity contribution is -0.122. The molecule has 5 N–H and O–H groups in total. The average Bonchev–Trinajstić information content (AvgIpc) is 2.62. The van der Waals surface area contributed by atoms with Gasteiger partial charge < -0.3 is 26.0 Å². The van der Waals surface area contributed by atoms with Gasteiger partial charge in [-0.1, -0.05) is 18.2 Å². The molecule has 27 heavy (non-hydrogen) atoms. The molecule has 7 heteroatoms. The fourth-order valence-electron chi connectivity index (χ4n) is 4.16. The minimum Gasteiger partial charge on any atom is -0.534 e. The van der Waals surface area contributed by atoms with Gasteiger partial charge in [0.2, 0.25) is 5.91 Å². The molecule has 1 saturated carbocycles. The summed E-state index contributed by atoms with van der Waals surface area (Å²) in [6.07, 6.45) is 5.40. The third kappa shape index (κ3) is 5.47. The topological polar surface area (TPSA) is 96.6 Å². The fourth-order valence-corrected chi connectivity index (χ4v) is 4.16. The Bertz CT molecular complexity index is 647. The number of carbonyl (C=O) groups excluding carboxylic acids is 1. The number of nitrogens with one attached hydrogen (secondary N) is 2. The second kappa shape index (κ2) is 9.08. The van der Waals surface area contributed by atoms with Crippen molar-refractivity contribution in [3.05, 3.63) is 29.3 Å². The molecule has 1 aromatic carbocycles. The van der Waals surface area contributed by atoms with E-state index in [9.17, 15) is 9.82 Å². The number of aryl methyl sites for hydroxylation is 1. The average molecular weight is 373 g/mol. The van der Waals surface area contributed by atoms with Crippen molar-refractivity contribution in [1.29, 1.82) is 0 Å². The molecule has 0 unspecified atom stereocenters. The van der Waals surface area contributed by atoms with Crippen LogP contribution in [0.5, 0.6) is 5.75 Å². The summed E-state index contributed by atoms with van der Waals surface area (Å²) in [7, 11) is -0.999. The van der Waals surface area contributed by atoms with Gasteiger partial charge in [0, 0.05) is 25.0 Å². The predicted molar refractivity (Wildman–Crippen MR) is 107 cm³/mol. The van der Waals surface area contributed by atoms with E-state index in [1.807, 2.05) is 32.0 Å². The van der Waals surface area contributed by atoms with Crippen LogP contribution in [0.15, 0.2) is 18.2 Å². The minimum atomic E-state index is -0.999. The molecule has 1 aliphatic carbocycles. The van der Waals surface area contributed by atoms with Crippen LogP contribution in [0.1, 0.15) is 50.2 Å². The minimum absolute atomic E-state index is 0.00532. The van der Waals surface area contributed by atoms with Gasteiger partial charge in [-0.2, -0.15) is 0 Å². The summed E-state index contributed by atoms with van der Waals surface area (Å²) < 4.78 is 5.65. The second-order valence-corrected chi connectivity index (χ2v) is 8.26. The largest absolute Gasteiger partial charge is 0.547 e. The van der Waals surface area contributed by atoms with Crippen LogP contribution in [0, 0.1) is 12.8 Å². The van der Waals surface area contributed by atoms with Gasteiger partial charge in [-0.3, -0.25) is 4.79 Å². The lowest BCUT2D eigenvalue weighted by Gasteiger charge is -2.31. The number of hydrogen-bond donors (Lipinski definition) is 4. The SMILES string of the molecule is Cc1cccc2c1OB(O)[C@@H](NC(=O)CC1CCC(NC[C@H](C)N)CC1)C2. The first-order valence-electron chi connectivity index (χ1n) is 10.1. The smallest absolute Gasteiger partial charge is 0.534 e. The van der Waals surface area contributed by atoms with E-state index in [4.69, 9.17) is 10.4 Å². The highest BCUT2D eigenvalue weighted by atomic mass is 16.5. The summed E-state index contributed by atoms with van der Waals surface area (Å²) >= 11 is 0. The zero-order valence-electron chi connectivity index (χ0n) is 16.4. The van der Waals surface area contributed by atoms with Crippen molar-refractivity contribution in [1.82, 2.24) is 10.6 Å². The highest BCUT2D eigenvalue weighted by Crippen LogP contribution is 2.30. The molecule has 0 spiro atoms. The first-order chi connectivity index (χ1) is 12.9. The number of hydrogen-bond acceptors (Lipinski definition) is 5. The van der Waals surface area contributed by atoms with E-state index in [1.165, 1.54) is 0 Å². The van der Waals surface area contributed by atoms with Crippen LogP contribution in [0.4, 0.5) is 0 Å². The van der Waals surface area contributed by atoms with Crippen molar-refractivity contribution >= 4 is 13.0 Å². The zero-order valence-corrected chi connectivity index (χ0v) is 16.4. The van der Waals surface area contributed by atoms with E-state index in [0.29, 0.717) is 24.8 Å². The van der Waals surface area contributed by atoms with E-state index in [1.54, 1.807) is 0 Å². The molecule has 1 aromatic rings. The van der Waals surface area contributed by atoms with Crippen molar-refractivity contribution in [2.75, 3.05) is 6.54 Å². The molecule has 0 aromatic heterocycles. The van der Waals surface area contributed by atoms with Gasteiger partial charge in [-0.15, -0.1) is 0 Å². The Morgan fingerprint density at radius 2 is 2.11 bits per heavy atom. The second-order valence-electron chi connectivity index (χ2n) is 8.26. The molecule has 1 aliphatic heterocycles. The zero-order chi connectivity index (χ0) is 19.4. The molecule has 0 radical (unpaired) electrons. The molecular weight excluding hydrogens is 341 g/mol. The number of amides is 1. The Labute approximate surface area is 162 Å². The molecular formula is C20H32BN3O3. The molecule has 0 bridgehead atoms. The predicted octanol–water partition coefficient (Wildman–Crippen LogP) is 1.32. The summed E-state index contributed by atoms with van der Waals surface area (Å²) in [5.41, 5.74) is 7.83. The fraction of sp³-hybridized carbons (Fsp3) is 0.650. The van der Waals surface area contributed by atoms with Crippen LogP contribution in [0.25, 0.3) is 0 Å².